The molecule has 0 aliphatic carbocycles. The van der Waals surface area contributed by atoms with Crippen LogP contribution in [0.4, 0.5) is 5.13 Å². The van der Waals surface area contributed by atoms with Gasteiger partial charge in [-0.15, -0.1) is 0 Å². The molecule has 0 spiro atoms. The van der Waals surface area contributed by atoms with Crippen molar-refractivity contribution in [3.63, 3.8) is 0 Å². The minimum Gasteiger partial charge on any atom is -0.465 e. The molecule has 2 aromatic rings. The van der Waals surface area contributed by atoms with Gasteiger partial charge in [0.05, 0.1) is 11.5 Å². The van der Waals surface area contributed by atoms with E-state index in [1.54, 1.807) is 19.1 Å². The fourth-order valence-corrected chi connectivity index (χ4v) is 4.07. The van der Waals surface area contributed by atoms with Gasteiger partial charge in [0.15, 0.2) is 0 Å². The summed E-state index contributed by atoms with van der Waals surface area (Å²) in [6.07, 6.45) is 0.313. The molecule has 2 rings (SSSR count). The standard InChI is InChI=1S/C13H14ClN3O4S2/c1-8-10(14)4-3-5-11(8)23(19,20)17-13-15-12(16-22-13)6-7-21-9(2)18/h3-5H,6-7H2,1-2H3,(H,15,16,17). The van der Waals surface area contributed by atoms with Crippen LogP contribution >= 0.6 is 23.1 Å². The highest BCUT2D eigenvalue weighted by Crippen LogP contribution is 2.25. The third-order valence-corrected chi connectivity index (χ3v) is 5.52. The largest absolute Gasteiger partial charge is 0.465 e. The van der Waals surface area contributed by atoms with Gasteiger partial charge in [-0.2, -0.15) is 4.37 Å². The maximum absolute atomic E-state index is 12.4. The van der Waals surface area contributed by atoms with E-state index in [-0.39, 0.29) is 16.6 Å². The molecule has 124 valence electrons. The van der Waals surface area contributed by atoms with E-state index >= 15 is 0 Å². The highest BCUT2D eigenvalue weighted by molar-refractivity contribution is 7.93. The number of hydrogen-bond donors (Lipinski definition) is 1. The third kappa shape index (κ3) is 4.63. The summed E-state index contributed by atoms with van der Waals surface area (Å²) in [7, 11) is -3.80. The van der Waals surface area contributed by atoms with E-state index < -0.39 is 16.0 Å². The van der Waals surface area contributed by atoms with Gasteiger partial charge in [-0.25, -0.2) is 13.4 Å². The first-order chi connectivity index (χ1) is 10.8. The number of ether oxygens (including phenoxy) is 1. The normalized spacial score (nSPS) is 11.3. The van der Waals surface area contributed by atoms with E-state index in [9.17, 15) is 13.2 Å². The molecule has 1 N–H and O–H groups in total. The smallest absolute Gasteiger partial charge is 0.302 e. The number of carbonyl (C=O) groups excluding carboxylic acids is 1. The Labute approximate surface area is 142 Å². The predicted octanol–water partition coefficient (Wildman–Crippen LogP) is 2.41. The van der Waals surface area contributed by atoms with Crippen LogP contribution in [0.3, 0.4) is 0 Å². The summed E-state index contributed by atoms with van der Waals surface area (Å²) in [6.45, 7) is 3.08. The average Bonchev–Trinajstić information content (AvgIpc) is 2.88. The van der Waals surface area contributed by atoms with Gasteiger partial charge in [-0.3, -0.25) is 9.52 Å². The van der Waals surface area contributed by atoms with Crippen LogP contribution in [0.2, 0.25) is 5.02 Å². The predicted molar refractivity (Wildman–Crippen MR) is 87.2 cm³/mol. The number of rotatable bonds is 6. The Kier molecular flexibility index (Phi) is 5.55. The molecule has 0 atom stereocenters. The Morgan fingerprint density at radius 1 is 1.43 bits per heavy atom. The molecule has 1 aromatic carbocycles. The van der Waals surface area contributed by atoms with Crippen LogP contribution in [-0.4, -0.2) is 30.4 Å². The van der Waals surface area contributed by atoms with Crippen LogP contribution < -0.4 is 4.72 Å². The zero-order valence-corrected chi connectivity index (χ0v) is 14.8. The molecule has 0 saturated heterocycles. The second kappa shape index (κ2) is 7.24. The molecule has 1 heterocycles. The van der Waals surface area contributed by atoms with E-state index in [1.165, 1.54) is 13.0 Å². The van der Waals surface area contributed by atoms with Crippen molar-refractivity contribution in [2.75, 3.05) is 11.3 Å². The minimum atomic E-state index is -3.80. The first-order valence-corrected chi connectivity index (χ1v) is 9.17. The highest BCUT2D eigenvalue weighted by atomic mass is 35.5. The van der Waals surface area contributed by atoms with Crippen LogP contribution in [0.5, 0.6) is 0 Å². The summed E-state index contributed by atoms with van der Waals surface area (Å²) >= 11 is 6.87. The summed E-state index contributed by atoms with van der Waals surface area (Å²) in [5.41, 5.74) is 0.460. The molecule has 0 aliphatic heterocycles. The number of carbonyl (C=O) groups is 1. The van der Waals surface area contributed by atoms with Crippen LogP contribution in [0.25, 0.3) is 0 Å². The number of aromatic nitrogens is 2. The number of anilines is 1. The number of sulfonamides is 1. The van der Waals surface area contributed by atoms with E-state index in [1.807, 2.05) is 0 Å². The molecule has 0 bridgehead atoms. The Morgan fingerprint density at radius 3 is 2.87 bits per heavy atom. The lowest BCUT2D eigenvalue weighted by atomic mass is 10.2. The first-order valence-electron chi connectivity index (χ1n) is 6.53. The molecule has 0 aliphatic rings. The topological polar surface area (TPSA) is 98.2 Å². The second-order valence-corrected chi connectivity index (χ2v) is 7.38. The van der Waals surface area contributed by atoms with Gasteiger partial charge < -0.3 is 4.74 Å². The first kappa shape index (κ1) is 17.6. The van der Waals surface area contributed by atoms with Crippen LogP contribution in [-0.2, 0) is 26.0 Å². The average molecular weight is 376 g/mol. The van der Waals surface area contributed by atoms with Crippen LogP contribution in [0.1, 0.15) is 18.3 Å². The van der Waals surface area contributed by atoms with E-state index in [4.69, 9.17) is 16.3 Å². The highest BCUT2D eigenvalue weighted by Gasteiger charge is 2.20. The minimum absolute atomic E-state index is 0.0849. The number of esters is 1. The van der Waals surface area contributed by atoms with Crippen molar-refractivity contribution in [1.29, 1.82) is 0 Å². The lowest BCUT2D eigenvalue weighted by Gasteiger charge is -2.08. The molecule has 0 radical (unpaired) electrons. The lowest BCUT2D eigenvalue weighted by Crippen LogP contribution is -2.14. The van der Waals surface area contributed by atoms with Crippen LogP contribution in [0.15, 0.2) is 23.1 Å². The third-order valence-electron chi connectivity index (χ3n) is 2.83. The van der Waals surface area contributed by atoms with Crippen molar-refractivity contribution in [1.82, 2.24) is 9.36 Å². The number of nitrogens with zero attached hydrogens (tertiary/aromatic N) is 2. The fourth-order valence-electron chi connectivity index (χ4n) is 1.73. The fraction of sp³-hybridized carbons (Fsp3) is 0.308. The maximum Gasteiger partial charge on any atom is 0.302 e. The Morgan fingerprint density at radius 2 is 2.17 bits per heavy atom. The Bertz CT molecular complexity index is 820. The summed E-state index contributed by atoms with van der Waals surface area (Å²) in [5, 5.41) is 0.509. The molecule has 0 unspecified atom stereocenters. The quantitative estimate of drug-likeness (QED) is 0.778. The SMILES string of the molecule is CC(=O)OCCc1nsc(NS(=O)(=O)c2cccc(Cl)c2C)n1. The molecule has 7 nitrogen and oxygen atoms in total. The Balaban J connectivity index is 2.11. The maximum atomic E-state index is 12.4. The summed E-state index contributed by atoms with van der Waals surface area (Å²) in [6, 6.07) is 4.65. The van der Waals surface area contributed by atoms with Gasteiger partial charge in [0, 0.05) is 29.9 Å². The van der Waals surface area contributed by atoms with Gasteiger partial charge in [-0.05, 0) is 24.6 Å². The lowest BCUT2D eigenvalue weighted by molar-refractivity contribution is -0.140. The zero-order valence-electron chi connectivity index (χ0n) is 12.4. The monoisotopic (exact) mass is 375 g/mol. The molecule has 23 heavy (non-hydrogen) atoms. The van der Waals surface area contributed by atoms with Crippen LogP contribution in [0, 0.1) is 6.92 Å². The van der Waals surface area contributed by atoms with Crippen molar-refractivity contribution < 1.29 is 17.9 Å². The molecule has 0 fully saturated rings. The number of halogens is 1. The van der Waals surface area contributed by atoms with Gasteiger partial charge >= 0.3 is 5.97 Å². The summed E-state index contributed by atoms with van der Waals surface area (Å²) < 4.78 is 36.0. The molecule has 1 aromatic heterocycles. The summed E-state index contributed by atoms with van der Waals surface area (Å²) in [4.78, 5) is 14.8. The van der Waals surface area contributed by atoms with Crippen molar-refractivity contribution in [2.24, 2.45) is 0 Å². The molecule has 0 amide bonds. The number of hydrogen-bond acceptors (Lipinski definition) is 7. The van der Waals surface area contributed by atoms with Gasteiger partial charge in [0.2, 0.25) is 5.13 Å². The van der Waals surface area contributed by atoms with E-state index in [0.29, 0.717) is 22.8 Å². The number of nitrogens with one attached hydrogen (secondary N) is 1. The van der Waals surface area contributed by atoms with Gasteiger partial charge in [0.25, 0.3) is 10.0 Å². The molecular weight excluding hydrogens is 362 g/mol. The van der Waals surface area contributed by atoms with Gasteiger partial charge in [-0.1, -0.05) is 17.7 Å². The van der Waals surface area contributed by atoms with E-state index in [2.05, 4.69) is 14.1 Å². The van der Waals surface area contributed by atoms with Crippen molar-refractivity contribution in [3.8, 4) is 0 Å². The zero-order chi connectivity index (χ0) is 17.0. The molecular formula is C13H14ClN3O4S2. The molecule has 0 saturated carbocycles. The van der Waals surface area contributed by atoms with Crippen molar-refractivity contribution >= 4 is 44.3 Å². The van der Waals surface area contributed by atoms with E-state index in [0.717, 1.165) is 11.5 Å². The Hall–Kier alpha value is -1.71. The van der Waals surface area contributed by atoms with Crippen molar-refractivity contribution in [2.45, 2.75) is 25.2 Å². The molecule has 10 heteroatoms. The van der Waals surface area contributed by atoms with Crippen molar-refractivity contribution in [3.05, 3.63) is 34.6 Å². The van der Waals surface area contributed by atoms with Gasteiger partial charge in [0.1, 0.15) is 5.82 Å². The second-order valence-electron chi connectivity index (χ2n) is 4.57. The summed E-state index contributed by atoms with van der Waals surface area (Å²) in [5.74, 6) is 0.00866. The number of benzene rings is 1.